The van der Waals surface area contributed by atoms with E-state index in [-0.39, 0.29) is 0 Å². The Morgan fingerprint density at radius 2 is 2.06 bits per heavy atom. The monoisotopic (exact) mass is 228 g/mol. The van der Waals surface area contributed by atoms with Crippen LogP contribution in [0, 0.1) is 0 Å². The molecule has 2 aromatic rings. The molecular formula is C14H16N2O. The number of rotatable bonds is 3. The van der Waals surface area contributed by atoms with Gasteiger partial charge in [-0.3, -0.25) is 4.79 Å². The molecule has 0 aliphatic heterocycles. The summed E-state index contributed by atoms with van der Waals surface area (Å²) in [5.41, 5.74) is 3.33. The normalized spacial score (nSPS) is 16.5. The molecule has 17 heavy (non-hydrogen) atoms. The van der Waals surface area contributed by atoms with Crippen LogP contribution in [0.2, 0.25) is 0 Å². The Morgan fingerprint density at radius 3 is 2.82 bits per heavy atom. The van der Waals surface area contributed by atoms with Crippen LogP contribution in [-0.4, -0.2) is 11.4 Å². The van der Waals surface area contributed by atoms with E-state index in [0.717, 1.165) is 17.6 Å². The number of anilines is 1. The fraction of sp³-hybridized carbons (Fsp3) is 0.357. The van der Waals surface area contributed by atoms with Crippen molar-refractivity contribution in [1.29, 1.82) is 0 Å². The fourth-order valence-electron chi connectivity index (χ4n) is 2.96. The Hall–Kier alpha value is -1.77. The van der Waals surface area contributed by atoms with Gasteiger partial charge in [0.2, 0.25) is 6.41 Å². The Balaban J connectivity index is 2.10. The molecule has 0 spiro atoms. The van der Waals surface area contributed by atoms with E-state index in [9.17, 15) is 4.79 Å². The first-order valence-corrected chi connectivity index (χ1v) is 6.20. The number of aromatic amines is 1. The number of H-pyrrole nitrogens is 1. The van der Waals surface area contributed by atoms with Crippen LogP contribution in [0.1, 0.15) is 37.2 Å². The minimum absolute atomic E-state index is 0.693. The molecule has 1 aromatic heterocycles. The molecule has 1 heterocycles. The minimum atomic E-state index is 0.693. The number of carbonyl (C=O) groups is 1. The van der Waals surface area contributed by atoms with Crippen LogP contribution in [0.4, 0.5) is 5.69 Å². The van der Waals surface area contributed by atoms with E-state index >= 15 is 0 Å². The molecule has 0 atom stereocenters. The van der Waals surface area contributed by atoms with Crippen molar-refractivity contribution >= 4 is 23.0 Å². The summed E-state index contributed by atoms with van der Waals surface area (Å²) >= 11 is 0. The third-order valence-electron chi connectivity index (χ3n) is 3.77. The molecule has 1 aromatic carbocycles. The van der Waals surface area contributed by atoms with Crippen molar-refractivity contribution in [3.63, 3.8) is 0 Å². The topological polar surface area (TPSA) is 44.9 Å². The number of hydrogen-bond acceptors (Lipinski definition) is 1. The molecule has 1 aliphatic rings. The van der Waals surface area contributed by atoms with Gasteiger partial charge >= 0.3 is 0 Å². The second-order valence-corrected chi connectivity index (χ2v) is 4.71. The third kappa shape index (κ3) is 1.71. The molecule has 88 valence electrons. The molecule has 3 heteroatoms. The summed E-state index contributed by atoms with van der Waals surface area (Å²) in [7, 11) is 0. The Labute approximate surface area is 100 Å². The van der Waals surface area contributed by atoms with Gasteiger partial charge in [-0.25, -0.2) is 0 Å². The van der Waals surface area contributed by atoms with Crippen molar-refractivity contribution in [2.75, 3.05) is 5.32 Å². The summed E-state index contributed by atoms with van der Waals surface area (Å²) in [6.45, 7) is 0. The smallest absolute Gasteiger partial charge is 0.211 e. The highest BCUT2D eigenvalue weighted by molar-refractivity contribution is 5.97. The van der Waals surface area contributed by atoms with E-state index < -0.39 is 0 Å². The highest BCUT2D eigenvalue weighted by Gasteiger charge is 2.20. The average molecular weight is 228 g/mol. The predicted molar refractivity (Wildman–Crippen MR) is 69.2 cm³/mol. The number of carbonyl (C=O) groups excluding carboxylic acids is 1. The van der Waals surface area contributed by atoms with Crippen LogP contribution in [0.15, 0.2) is 24.4 Å². The zero-order valence-electron chi connectivity index (χ0n) is 9.70. The molecular weight excluding hydrogens is 212 g/mol. The molecule has 0 saturated heterocycles. The van der Waals surface area contributed by atoms with Crippen LogP contribution in [0.5, 0.6) is 0 Å². The van der Waals surface area contributed by atoms with Crippen LogP contribution in [0.25, 0.3) is 10.9 Å². The molecule has 2 N–H and O–H groups in total. The van der Waals surface area contributed by atoms with Gasteiger partial charge in [-0.1, -0.05) is 18.9 Å². The maximum absolute atomic E-state index is 10.6. The van der Waals surface area contributed by atoms with Crippen molar-refractivity contribution in [3.8, 4) is 0 Å². The van der Waals surface area contributed by atoms with Crippen molar-refractivity contribution in [3.05, 3.63) is 30.0 Å². The average Bonchev–Trinajstić information content (AvgIpc) is 3.00. The summed E-state index contributed by atoms with van der Waals surface area (Å²) in [6.07, 6.45) is 7.93. The number of nitrogens with one attached hydrogen (secondary N) is 2. The molecule has 1 fully saturated rings. The zero-order chi connectivity index (χ0) is 11.7. The maximum Gasteiger partial charge on any atom is 0.211 e. The summed E-state index contributed by atoms with van der Waals surface area (Å²) in [4.78, 5) is 13.8. The van der Waals surface area contributed by atoms with Crippen LogP contribution in [-0.2, 0) is 4.79 Å². The Kier molecular flexibility index (Phi) is 2.59. The van der Waals surface area contributed by atoms with E-state index in [2.05, 4.69) is 22.4 Å². The van der Waals surface area contributed by atoms with E-state index in [1.54, 1.807) is 0 Å². The van der Waals surface area contributed by atoms with Gasteiger partial charge < -0.3 is 10.3 Å². The number of hydrogen-bond donors (Lipinski definition) is 2. The second kappa shape index (κ2) is 4.24. The van der Waals surface area contributed by atoms with Gasteiger partial charge in [0.05, 0.1) is 11.2 Å². The first-order valence-electron chi connectivity index (χ1n) is 6.20. The highest BCUT2D eigenvalue weighted by atomic mass is 16.1. The highest BCUT2D eigenvalue weighted by Crippen LogP contribution is 2.39. The SMILES string of the molecule is O=CNc1ccc(C2CCCC2)c2cc[nH]c12. The van der Waals surface area contributed by atoms with Crippen LogP contribution in [0.3, 0.4) is 0 Å². The molecule has 3 nitrogen and oxygen atoms in total. The lowest BCUT2D eigenvalue weighted by Crippen LogP contribution is -1.98. The Morgan fingerprint density at radius 1 is 1.24 bits per heavy atom. The van der Waals surface area contributed by atoms with E-state index in [1.165, 1.54) is 36.6 Å². The molecule has 1 saturated carbocycles. The maximum atomic E-state index is 10.6. The second-order valence-electron chi connectivity index (χ2n) is 4.71. The molecule has 3 rings (SSSR count). The van der Waals surface area contributed by atoms with Gasteiger partial charge in [-0.05, 0) is 36.5 Å². The number of fused-ring (bicyclic) bond motifs is 1. The fourth-order valence-corrected chi connectivity index (χ4v) is 2.96. The number of amides is 1. The van der Waals surface area contributed by atoms with Crippen molar-refractivity contribution in [2.45, 2.75) is 31.6 Å². The van der Waals surface area contributed by atoms with Gasteiger partial charge in [-0.15, -0.1) is 0 Å². The van der Waals surface area contributed by atoms with Gasteiger partial charge in [0, 0.05) is 11.6 Å². The van der Waals surface area contributed by atoms with Crippen LogP contribution < -0.4 is 5.32 Å². The summed E-state index contributed by atoms with van der Waals surface area (Å²) in [5, 5.41) is 4.00. The lowest BCUT2D eigenvalue weighted by Gasteiger charge is -2.12. The van der Waals surface area contributed by atoms with Crippen molar-refractivity contribution < 1.29 is 4.79 Å². The first-order chi connectivity index (χ1) is 8.40. The quantitative estimate of drug-likeness (QED) is 0.777. The lowest BCUT2D eigenvalue weighted by atomic mass is 9.94. The standard InChI is InChI=1S/C14H16N2O/c17-9-16-13-6-5-11(10-3-1-2-4-10)12-7-8-15-14(12)13/h5-10,15H,1-4H2,(H,16,17). The third-order valence-corrected chi connectivity index (χ3v) is 3.77. The lowest BCUT2D eigenvalue weighted by molar-refractivity contribution is -0.105. The van der Waals surface area contributed by atoms with E-state index in [1.807, 2.05) is 12.3 Å². The van der Waals surface area contributed by atoms with Gasteiger partial charge in [0.15, 0.2) is 0 Å². The van der Waals surface area contributed by atoms with Crippen LogP contribution >= 0.6 is 0 Å². The molecule has 1 aliphatic carbocycles. The molecule has 0 unspecified atom stereocenters. The number of benzene rings is 1. The van der Waals surface area contributed by atoms with E-state index in [0.29, 0.717) is 5.92 Å². The van der Waals surface area contributed by atoms with Gasteiger partial charge in [0.1, 0.15) is 0 Å². The summed E-state index contributed by atoms with van der Waals surface area (Å²) in [5.74, 6) is 0.693. The summed E-state index contributed by atoms with van der Waals surface area (Å²) in [6, 6.07) is 6.28. The summed E-state index contributed by atoms with van der Waals surface area (Å²) < 4.78 is 0. The number of aromatic nitrogens is 1. The molecule has 0 bridgehead atoms. The zero-order valence-corrected chi connectivity index (χ0v) is 9.70. The van der Waals surface area contributed by atoms with E-state index in [4.69, 9.17) is 0 Å². The molecule has 0 radical (unpaired) electrons. The minimum Gasteiger partial charge on any atom is -0.359 e. The van der Waals surface area contributed by atoms with Crippen molar-refractivity contribution in [2.24, 2.45) is 0 Å². The largest absolute Gasteiger partial charge is 0.359 e. The van der Waals surface area contributed by atoms with Gasteiger partial charge in [0.25, 0.3) is 0 Å². The van der Waals surface area contributed by atoms with Crippen molar-refractivity contribution in [1.82, 2.24) is 4.98 Å². The molecule has 1 amide bonds. The Bertz CT molecular complexity index is 538. The predicted octanol–water partition coefficient (Wildman–Crippen LogP) is 3.39. The first kappa shape index (κ1) is 10.4. The van der Waals surface area contributed by atoms with Gasteiger partial charge in [-0.2, -0.15) is 0 Å².